The van der Waals surface area contributed by atoms with Gasteiger partial charge in [0.25, 0.3) is 0 Å². The summed E-state index contributed by atoms with van der Waals surface area (Å²) in [5.41, 5.74) is 1.09. The minimum atomic E-state index is -0.363. The second-order valence-electron chi connectivity index (χ2n) is 3.38. The van der Waals surface area contributed by atoms with Gasteiger partial charge in [0.2, 0.25) is 0 Å². The van der Waals surface area contributed by atoms with Gasteiger partial charge in [-0.05, 0) is 17.7 Å². The molecule has 86 valence electrons. The van der Waals surface area contributed by atoms with Crippen LogP contribution < -0.4 is 0 Å². The molecule has 0 aromatic heterocycles. The van der Waals surface area contributed by atoms with E-state index in [2.05, 4.69) is 4.74 Å². The Labute approximate surface area is 100 Å². The summed E-state index contributed by atoms with van der Waals surface area (Å²) in [6, 6.07) is 7.60. The van der Waals surface area contributed by atoms with Crippen LogP contribution >= 0.6 is 11.6 Å². The van der Waals surface area contributed by atoms with Crippen molar-refractivity contribution in [1.29, 1.82) is 0 Å². The highest BCUT2D eigenvalue weighted by Crippen LogP contribution is 2.12. The number of halogens is 1. The Balaban J connectivity index is 2.54. The number of hydrogen-bond acceptors (Lipinski definition) is 3. The number of carbonyl (C=O) groups is 1. The van der Waals surface area contributed by atoms with Crippen molar-refractivity contribution in [3.8, 4) is 0 Å². The lowest BCUT2D eigenvalue weighted by atomic mass is 10.2. The fraction of sp³-hybridized carbons (Fsp3) is 0.250. The molecule has 16 heavy (non-hydrogen) atoms. The molecule has 0 heterocycles. The first-order valence-corrected chi connectivity index (χ1v) is 5.20. The van der Waals surface area contributed by atoms with Crippen LogP contribution in [0.5, 0.6) is 0 Å². The smallest absolute Gasteiger partial charge is 0.331 e. The van der Waals surface area contributed by atoms with Gasteiger partial charge in [-0.3, -0.25) is 0 Å². The van der Waals surface area contributed by atoms with Gasteiger partial charge >= 0.3 is 5.97 Å². The lowest BCUT2D eigenvalue weighted by Gasteiger charge is -2.13. The lowest BCUT2D eigenvalue weighted by Crippen LogP contribution is -2.11. The first-order chi connectivity index (χ1) is 7.61. The second kappa shape index (κ2) is 6.18. The Kier molecular flexibility index (Phi) is 4.86. The highest BCUT2D eigenvalue weighted by atomic mass is 35.5. The van der Waals surface area contributed by atoms with Gasteiger partial charge < -0.3 is 9.64 Å². The third-order valence-corrected chi connectivity index (χ3v) is 2.22. The second-order valence-corrected chi connectivity index (χ2v) is 3.82. The number of ether oxygens (including phenoxy) is 1. The Morgan fingerprint density at radius 1 is 1.56 bits per heavy atom. The zero-order chi connectivity index (χ0) is 12.0. The van der Waals surface area contributed by atoms with Crippen LogP contribution in [0.15, 0.2) is 36.5 Å². The Bertz CT molecular complexity index is 390. The maximum absolute atomic E-state index is 10.9. The van der Waals surface area contributed by atoms with E-state index in [1.54, 1.807) is 6.20 Å². The molecule has 0 aliphatic carbocycles. The van der Waals surface area contributed by atoms with Crippen molar-refractivity contribution in [3.63, 3.8) is 0 Å². The molecule has 0 radical (unpaired) electrons. The SMILES string of the molecule is COC(=O)C=CN(C)Cc1cccc(Cl)c1. The normalized spacial score (nSPS) is 10.4. The van der Waals surface area contributed by atoms with Crippen LogP contribution in [-0.4, -0.2) is 25.0 Å². The van der Waals surface area contributed by atoms with Crippen LogP contribution in [0, 0.1) is 0 Å². The van der Waals surface area contributed by atoms with Crippen LogP contribution in [0.3, 0.4) is 0 Å². The Hall–Kier alpha value is -1.48. The van der Waals surface area contributed by atoms with Gasteiger partial charge in [0.15, 0.2) is 0 Å². The molecule has 0 spiro atoms. The summed E-state index contributed by atoms with van der Waals surface area (Å²) in [7, 11) is 3.23. The van der Waals surface area contributed by atoms with Gasteiger partial charge in [0, 0.05) is 30.9 Å². The van der Waals surface area contributed by atoms with Crippen molar-refractivity contribution in [2.75, 3.05) is 14.2 Å². The van der Waals surface area contributed by atoms with E-state index >= 15 is 0 Å². The number of benzene rings is 1. The third kappa shape index (κ3) is 4.36. The summed E-state index contributed by atoms with van der Waals surface area (Å²) in [5, 5.41) is 0.711. The van der Waals surface area contributed by atoms with Crippen molar-refractivity contribution < 1.29 is 9.53 Å². The quantitative estimate of drug-likeness (QED) is 0.597. The maximum Gasteiger partial charge on any atom is 0.331 e. The van der Waals surface area contributed by atoms with E-state index < -0.39 is 0 Å². The Morgan fingerprint density at radius 3 is 2.94 bits per heavy atom. The summed E-state index contributed by atoms with van der Waals surface area (Å²) >= 11 is 5.87. The largest absolute Gasteiger partial charge is 0.466 e. The Morgan fingerprint density at radius 2 is 2.31 bits per heavy atom. The third-order valence-electron chi connectivity index (χ3n) is 1.99. The topological polar surface area (TPSA) is 29.5 Å². The van der Waals surface area contributed by atoms with E-state index in [0.717, 1.165) is 5.56 Å². The molecule has 4 heteroatoms. The molecule has 0 aliphatic rings. The highest BCUT2D eigenvalue weighted by Gasteiger charge is 1.98. The number of methoxy groups -OCH3 is 1. The maximum atomic E-state index is 10.9. The molecule has 1 aromatic carbocycles. The molecule has 0 unspecified atom stereocenters. The van der Waals surface area contributed by atoms with E-state index in [4.69, 9.17) is 11.6 Å². The van der Waals surface area contributed by atoms with Gasteiger partial charge in [-0.2, -0.15) is 0 Å². The van der Waals surface area contributed by atoms with Crippen LogP contribution in [0.25, 0.3) is 0 Å². The fourth-order valence-electron chi connectivity index (χ4n) is 1.23. The molecule has 0 atom stereocenters. The zero-order valence-corrected chi connectivity index (χ0v) is 10.1. The predicted molar refractivity (Wildman–Crippen MR) is 64.1 cm³/mol. The number of nitrogens with zero attached hydrogens (tertiary/aromatic N) is 1. The van der Waals surface area contributed by atoms with Crippen molar-refractivity contribution in [2.24, 2.45) is 0 Å². The van der Waals surface area contributed by atoms with Gasteiger partial charge in [-0.15, -0.1) is 0 Å². The number of esters is 1. The van der Waals surface area contributed by atoms with Gasteiger partial charge in [-0.25, -0.2) is 4.79 Å². The van der Waals surface area contributed by atoms with Gasteiger partial charge in [0.1, 0.15) is 0 Å². The first-order valence-electron chi connectivity index (χ1n) is 4.82. The molecule has 0 aliphatic heterocycles. The number of rotatable bonds is 4. The highest BCUT2D eigenvalue weighted by molar-refractivity contribution is 6.30. The molecular formula is C12H14ClNO2. The van der Waals surface area contributed by atoms with E-state index in [1.165, 1.54) is 13.2 Å². The lowest BCUT2D eigenvalue weighted by molar-refractivity contribution is -0.134. The fourth-order valence-corrected chi connectivity index (χ4v) is 1.45. The van der Waals surface area contributed by atoms with Crippen LogP contribution in [0.2, 0.25) is 5.02 Å². The predicted octanol–water partition coefficient (Wildman–Crippen LogP) is 2.46. The summed E-state index contributed by atoms with van der Waals surface area (Å²) in [6.45, 7) is 0.689. The minimum Gasteiger partial charge on any atom is -0.466 e. The van der Waals surface area contributed by atoms with Gasteiger partial charge in [-0.1, -0.05) is 23.7 Å². The van der Waals surface area contributed by atoms with Crippen molar-refractivity contribution in [3.05, 3.63) is 47.1 Å². The molecule has 0 amide bonds. The molecule has 0 fully saturated rings. The van der Waals surface area contributed by atoms with Crippen molar-refractivity contribution in [1.82, 2.24) is 4.90 Å². The minimum absolute atomic E-state index is 0.363. The molecule has 0 saturated carbocycles. The monoisotopic (exact) mass is 239 g/mol. The molecule has 0 N–H and O–H groups in total. The summed E-state index contributed by atoms with van der Waals surface area (Å²) in [5.74, 6) is -0.363. The van der Waals surface area contributed by atoms with Crippen LogP contribution in [0.1, 0.15) is 5.56 Å². The van der Waals surface area contributed by atoms with Crippen LogP contribution in [-0.2, 0) is 16.1 Å². The van der Waals surface area contributed by atoms with Crippen molar-refractivity contribution in [2.45, 2.75) is 6.54 Å². The number of carbonyl (C=O) groups excluding carboxylic acids is 1. The standard InChI is InChI=1S/C12H14ClNO2/c1-14(7-6-12(15)16-2)9-10-4-3-5-11(13)8-10/h3-8H,9H2,1-2H3. The molecular weight excluding hydrogens is 226 g/mol. The average Bonchev–Trinajstić information content (AvgIpc) is 2.26. The van der Waals surface area contributed by atoms with E-state index in [1.807, 2.05) is 36.2 Å². The van der Waals surface area contributed by atoms with Crippen molar-refractivity contribution >= 4 is 17.6 Å². The molecule has 0 saturated heterocycles. The summed E-state index contributed by atoms with van der Waals surface area (Å²) < 4.78 is 4.50. The van der Waals surface area contributed by atoms with E-state index in [-0.39, 0.29) is 5.97 Å². The van der Waals surface area contributed by atoms with E-state index in [9.17, 15) is 4.79 Å². The average molecular weight is 240 g/mol. The molecule has 0 bridgehead atoms. The number of hydrogen-bond donors (Lipinski definition) is 0. The van der Waals surface area contributed by atoms with Gasteiger partial charge in [0.05, 0.1) is 7.11 Å². The first kappa shape index (κ1) is 12.6. The zero-order valence-electron chi connectivity index (χ0n) is 9.31. The summed E-state index contributed by atoms with van der Waals surface area (Å²) in [4.78, 5) is 12.7. The molecule has 3 nitrogen and oxygen atoms in total. The molecule has 1 rings (SSSR count). The summed E-state index contributed by atoms with van der Waals surface area (Å²) in [6.07, 6.45) is 3.05. The molecule has 1 aromatic rings. The van der Waals surface area contributed by atoms with E-state index in [0.29, 0.717) is 11.6 Å². The van der Waals surface area contributed by atoms with Crippen LogP contribution in [0.4, 0.5) is 0 Å².